The first kappa shape index (κ1) is 7.87. The smallest absolute Gasteiger partial charge is 0.249 e. The molecule has 0 N–H and O–H groups in total. The van der Waals surface area contributed by atoms with E-state index in [1.54, 1.807) is 0 Å². The molecular weight excluding hydrogens is 138 g/mol. The number of aryl methyl sites for hydroxylation is 2. The summed E-state index contributed by atoms with van der Waals surface area (Å²) in [5.74, 6) is 1.75. The summed E-state index contributed by atoms with van der Waals surface area (Å²) in [6.45, 7) is 12.5. The van der Waals surface area contributed by atoms with E-state index in [2.05, 4.69) is 4.85 Å². The molecule has 0 aliphatic rings. The summed E-state index contributed by atoms with van der Waals surface area (Å²) >= 11 is 0. The summed E-state index contributed by atoms with van der Waals surface area (Å²) in [7, 11) is 0. The Morgan fingerprint density at radius 3 is 2.55 bits per heavy atom. The summed E-state index contributed by atoms with van der Waals surface area (Å²) in [5.41, 5.74) is 1.01. The van der Waals surface area contributed by atoms with Crippen LogP contribution in [0.5, 0.6) is 0 Å². The lowest BCUT2D eigenvalue weighted by Crippen LogP contribution is -1.85. The van der Waals surface area contributed by atoms with E-state index in [1.165, 1.54) is 0 Å². The van der Waals surface area contributed by atoms with Gasteiger partial charge < -0.3 is 9.26 Å². The van der Waals surface area contributed by atoms with E-state index in [4.69, 9.17) is 11.0 Å². The molecule has 2 heteroatoms. The van der Waals surface area contributed by atoms with Crippen LogP contribution in [-0.2, 0) is 0 Å². The van der Waals surface area contributed by atoms with Gasteiger partial charge in [-0.25, -0.2) is 6.57 Å². The molecule has 0 spiro atoms. The van der Waals surface area contributed by atoms with Gasteiger partial charge in [-0.3, -0.25) is 0 Å². The van der Waals surface area contributed by atoms with Crippen molar-refractivity contribution in [3.05, 3.63) is 34.6 Å². The van der Waals surface area contributed by atoms with Gasteiger partial charge in [0.05, 0.1) is 5.56 Å². The van der Waals surface area contributed by atoms with Crippen molar-refractivity contribution in [2.24, 2.45) is 0 Å². The zero-order chi connectivity index (χ0) is 8.43. The third-order valence-corrected chi connectivity index (χ3v) is 1.72. The van der Waals surface area contributed by atoms with Crippen LogP contribution in [0, 0.1) is 20.4 Å². The fourth-order valence-corrected chi connectivity index (χ4v) is 1.13. The molecule has 0 aliphatic heterocycles. The number of hydrogen-bond acceptors (Lipinski definition) is 1. The Hall–Kier alpha value is -1.23. The summed E-state index contributed by atoms with van der Waals surface area (Å²) in [4.78, 5) is 3.42. The van der Waals surface area contributed by atoms with Crippen LogP contribution in [0.4, 0.5) is 0 Å². The number of nitrogens with zero attached hydrogens (tertiary/aromatic N) is 1. The SMILES string of the molecule is [C-]#[N+]C(C)c1cc(C)oc1C. The highest BCUT2D eigenvalue weighted by Gasteiger charge is 2.15. The first-order valence-corrected chi connectivity index (χ1v) is 3.58. The Labute approximate surface area is 66.7 Å². The van der Waals surface area contributed by atoms with E-state index in [9.17, 15) is 0 Å². The monoisotopic (exact) mass is 149 g/mol. The Kier molecular flexibility index (Phi) is 2.00. The van der Waals surface area contributed by atoms with Gasteiger partial charge in [-0.1, -0.05) is 0 Å². The number of hydrogen-bond donors (Lipinski definition) is 0. The second-order valence-electron chi connectivity index (χ2n) is 2.67. The highest BCUT2D eigenvalue weighted by molar-refractivity contribution is 5.25. The van der Waals surface area contributed by atoms with E-state index in [1.807, 2.05) is 26.8 Å². The quantitative estimate of drug-likeness (QED) is 0.561. The minimum Gasteiger partial charge on any atom is -0.466 e. The lowest BCUT2D eigenvalue weighted by atomic mass is 10.1. The first-order chi connectivity index (χ1) is 5.15. The van der Waals surface area contributed by atoms with Crippen molar-refractivity contribution in [3.8, 4) is 0 Å². The van der Waals surface area contributed by atoms with Crippen molar-refractivity contribution in [2.75, 3.05) is 0 Å². The molecule has 1 rings (SSSR count). The van der Waals surface area contributed by atoms with Crippen LogP contribution in [-0.4, -0.2) is 0 Å². The third kappa shape index (κ3) is 1.43. The van der Waals surface area contributed by atoms with Crippen LogP contribution in [0.1, 0.15) is 30.0 Å². The average molecular weight is 149 g/mol. The van der Waals surface area contributed by atoms with Crippen molar-refractivity contribution < 1.29 is 4.42 Å². The zero-order valence-electron chi connectivity index (χ0n) is 7.01. The molecule has 0 aliphatic carbocycles. The fourth-order valence-electron chi connectivity index (χ4n) is 1.13. The topological polar surface area (TPSA) is 17.5 Å². The van der Waals surface area contributed by atoms with Crippen LogP contribution in [0.25, 0.3) is 4.85 Å². The Balaban J connectivity index is 3.05. The molecule has 0 saturated heterocycles. The second-order valence-corrected chi connectivity index (χ2v) is 2.67. The van der Waals surface area contributed by atoms with Crippen molar-refractivity contribution in [3.63, 3.8) is 0 Å². The van der Waals surface area contributed by atoms with Crippen LogP contribution in [0.15, 0.2) is 10.5 Å². The van der Waals surface area contributed by atoms with E-state index < -0.39 is 0 Å². The standard InChI is InChI=1S/C9H11NO/c1-6-5-9(7(2)10-4)8(3)11-6/h5,7H,1-3H3. The van der Waals surface area contributed by atoms with Gasteiger partial charge in [0, 0.05) is 6.92 Å². The molecule has 1 unspecified atom stereocenters. The van der Waals surface area contributed by atoms with Crippen LogP contribution in [0.2, 0.25) is 0 Å². The molecule has 1 aromatic heterocycles. The van der Waals surface area contributed by atoms with Gasteiger partial charge in [0.25, 0.3) is 0 Å². The van der Waals surface area contributed by atoms with Crippen molar-refractivity contribution in [1.82, 2.24) is 0 Å². The van der Waals surface area contributed by atoms with Gasteiger partial charge in [0.15, 0.2) is 0 Å². The molecule has 0 saturated carbocycles. The minimum atomic E-state index is -0.0764. The lowest BCUT2D eigenvalue weighted by Gasteiger charge is -1.93. The van der Waals surface area contributed by atoms with E-state index in [0.29, 0.717) is 0 Å². The summed E-state index contributed by atoms with van der Waals surface area (Å²) < 4.78 is 5.29. The number of rotatable bonds is 1. The Morgan fingerprint density at radius 1 is 1.55 bits per heavy atom. The highest BCUT2D eigenvalue weighted by atomic mass is 16.3. The molecular formula is C9H11NO. The molecule has 11 heavy (non-hydrogen) atoms. The second kappa shape index (κ2) is 2.79. The zero-order valence-corrected chi connectivity index (χ0v) is 7.01. The molecule has 0 radical (unpaired) electrons. The molecule has 0 fully saturated rings. The van der Waals surface area contributed by atoms with Gasteiger partial charge in [-0.2, -0.15) is 0 Å². The van der Waals surface area contributed by atoms with Gasteiger partial charge >= 0.3 is 0 Å². The predicted octanol–water partition coefficient (Wildman–Crippen LogP) is 2.88. The summed E-state index contributed by atoms with van der Waals surface area (Å²) in [6, 6.07) is 1.85. The van der Waals surface area contributed by atoms with Gasteiger partial charge in [0.2, 0.25) is 6.04 Å². The fraction of sp³-hybridized carbons (Fsp3) is 0.444. The Morgan fingerprint density at radius 2 is 2.18 bits per heavy atom. The molecule has 0 amide bonds. The maximum atomic E-state index is 6.84. The largest absolute Gasteiger partial charge is 0.466 e. The van der Waals surface area contributed by atoms with Crippen molar-refractivity contribution >= 4 is 0 Å². The van der Waals surface area contributed by atoms with Crippen LogP contribution >= 0.6 is 0 Å². The maximum Gasteiger partial charge on any atom is 0.249 e. The summed E-state index contributed by atoms with van der Waals surface area (Å²) in [5, 5.41) is 0. The predicted molar refractivity (Wildman–Crippen MR) is 43.2 cm³/mol. The molecule has 58 valence electrons. The van der Waals surface area contributed by atoms with Crippen molar-refractivity contribution in [2.45, 2.75) is 26.8 Å². The lowest BCUT2D eigenvalue weighted by molar-refractivity contribution is 0.500. The van der Waals surface area contributed by atoms with E-state index in [-0.39, 0.29) is 6.04 Å². The van der Waals surface area contributed by atoms with Crippen molar-refractivity contribution in [1.29, 1.82) is 0 Å². The molecule has 0 aromatic carbocycles. The van der Waals surface area contributed by atoms with E-state index in [0.717, 1.165) is 17.1 Å². The van der Waals surface area contributed by atoms with Gasteiger partial charge in [0.1, 0.15) is 11.5 Å². The molecule has 1 atom stereocenters. The molecule has 1 aromatic rings. The molecule has 2 nitrogen and oxygen atoms in total. The molecule has 1 heterocycles. The van der Waals surface area contributed by atoms with Crippen LogP contribution in [0.3, 0.4) is 0 Å². The normalized spacial score (nSPS) is 12.5. The highest BCUT2D eigenvalue weighted by Crippen LogP contribution is 2.23. The number of furan rings is 1. The third-order valence-electron chi connectivity index (χ3n) is 1.72. The maximum absolute atomic E-state index is 6.84. The molecule has 0 bridgehead atoms. The first-order valence-electron chi connectivity index (χ1n) is 3.58. The average Bonchev–Trinajstić information content (AvgIpc) is 2.28. The summed E-state index contributed by atoms with van der Waals surface area (Å²) in [6.07, 6.45) is 0. The minimum absolute atomic E-state index is 0.0764. The van der Waals surface area contributed by atoms with Crippen LogP contribution < -0.4 is 0 Å². The Bertz CT molecular complexity index is 293. The van der Waals surface area contributed by atoms with Gasteiger partial charge in [-0.05, 0) is 19.9 Å². The van der Waals surface area contributed by atoms with Gasteiger partial charge in [-0.15, -0.1) is 0 Å². The van der Waals surface area contributed by atoms with E-state index >= 15 is 0 Å².